The average molecular weight is 256 g/mol. The fourth-order valence-corrected chi connectivity index (χ4v) is 4.09. The van der Waals surface area contributed by atoms with E-state index in [-0.39, 0.29) is 0 Å². The minimum atomic E-state index is 0.694. The summed E-state index contributed by atoms with van der Waals surface area (Å²) < 4.78 is 0. The number of hydrogen-bond donors (Lipinski definition) is 1. The second kappa shape index (κ2) is 5.94. The molecule has 0 bridgehead atoms. The molecule has 2 aliphatic rings. The maximum Gasteiger partial charge on any atom is 0.0218 e. The van der Waals surface area contributed by atoms with Gasteiger partial charge in [-0.25, -0.2) is 0 Å². The van der Waals surface area contributed by atoms with Crippen LogP contribution in [0, 0.1) is 5.92 Å². The van der Waals surface area contributed by atoms with Gasteiger partial charge in [-0.15, -0.1) is 0 Å². The Morgan fingerprint density at radius 2 is 2.06 bits per heavy atom. The van der Waals surface area contributed by atoms with Crippen LogP contribution in [0.15, 0.2) is 0 Å². The van der Waals surface area contributed by atoms with Gasteiger partial charge in [0, 0.05) is 36.5 Å². The van der Waals surface area contributed by atoms with E-state index < -0.39 is 0 Å². The smallest absolute Gasteiger partial charge is 0.0218 e. The predicted octanol–water partition coefficient (Wildman–Crippen LogP) is 2.59. The number of thioether (sulfide) groups is 1. The molecule has 1 heterocycles. The van der Waals surface area contributed by atoms with E-state index in [0.717, 1.165) is 23.3 Å². The second-order valence-electron chi connectivity index (χ2n) is 6.13. The summed E-state index contributed by atoms with van der Waals surface area (Å²) in [6, 6.07) is 2.26. The van der Waals surface area contributed by atoms with E-state index >= 15 is 0 Å². The summed E-state index contributed by atoms with van der Waals surface area (Å²) in [6.45, 7) is 9.49. The number of rotatable bonds is 3. The fourth-order valence-electron chi connectivity index (χ4n) is 3.30. The third-order valence-corrected chi connectivity index (χ3v) is 5.71. The molecule has 17 heavy (non-hydrogen) atoms. The van der Waals surface area contributed by atoms with Crippen LogP contribution in [0.5, 0.6) is 0 Å². The molecule has 3 heteroatoms. The first kappa shape index (κ1) is 13.7. The highest BCUT2D eigenvalue weighted by Gasteiger charge is 2.35. The highest BCUT2D eigenvalue weighted by Crippen LogP contribution is 2.33. The molecule has 2 fully saturated rings. The minimum Gasteiger partial charge on any atom is -0.311 e. The summed E-state index contributed by atoms with van der Waals surface area (Å²) in [5.41, 5.74) is 0. The molecule has 100 valence electrons. The van der Waals surface area contributed by atoms with Crippen molar-refractivity contribution in [2.45, 2.75) is 63.4 Å². The molecule has 0 aromatic rings. The van der Waals surface area contributed by atoms with Gasteiger partial charge in [0.25, 0.3) is 0 Å². The quantitative estimate of drug-likeness (QED) is 0.835. The van der Waals surface area contributed by atoms with Gasteiger partial charge in [0.05, 0.1) is 0 Å². The molecular weight excluding hydrogens is 228 g/mol. The third kappa shape index (κ3) is 3.18. The van der Waals surface area contributed by atoms with E-state index in [1.807, 2.05) is 0 Å². The van der Waals surface area contributed by atoms with Crippen molar-refractivity contribution in [3.63, 3.8) is 0 Å². The van der Waals surface area contributed by atoms with E-state index in [1.165, 1.54) is 32.4 Å². The molecule has 2 rings (SSSR count). The van der Waals surface area contributed by atoms with Crippen LogP contribution in [0.1, 0.15) is 40.0 Å². The molecule has 1 saturated heterocycles. The Kier molecular flexibility index (Phi) is 4.79. The molecule has 0 aromatic heterocycles. The standard InChI is InChI=1S/C14H28N2S/c1-10(2)14-9-16(11(3)8-15-14)12-5-6-13(7-12)17-4/h10-15H,5-9H2,1-4H3. The van der Waals surface area contributed by atoms with E-state index in [9.17, 15) is 0 Å². The van der Waals surface area contributed by atoms with Crippen LogP contribution in [0.25, 0.3) is 0 Å². The van der Waals surface area contributed by atoms with Crippen molar-refractivity contribution in [1.82, 2.24) is 10.2 Å². The van der Waals surface area contributed by atoms with Crippen LogP contribution in [-0.4, -0.2) is 47.6 Å². The minimum absolute atomic E-state index is 0.694. The molecule has 2 nitrogen and oxygen atoms in total. The molecule has 0 radical (unpaired) electrons. The van der Waals surface area contributed by atoms with Gasteiger partial charge in [0.2, 0.25) is 0 Å². The molecule has 1 saturated carbocycles. The molecule has 0 amide bonds. The van der Waals surface area contributed by atoms with Gasteiger partial charge in [-0.3, -0.25) is 4.90 Å². The van der Waals surface area contributed by atoms with Gasteiger partial charge in [-0.05, 0) is 38.4 Å². The zero-order chi connectivity index (χ0) is 12.4. The van der Waals surface area contributed by atoms with Crippen molar-refractivity contribution < 1.29 is 0 Å². The molecular formula is C14H28N2S. The Morgan fingerprint density at radius 3 is 2.65 bits per heavy atom. The van der Waals surface area contributed by atoms with Crippen LogP contribution in [0.2, 0.25) is 0 Å². The lowest BCUT2D eigenvalue weighted by atomic mass is 9.98. The number of nitrogens with one attached hydrogen (secondary N) is 1. The zero-order valence-corrected chi connectivity index (χ0v) is 12.6. The first-order valence-corrected chi connectivity index (χ1v) is 8.42. The Bertz CT molecular complexity index is 244. The molecule has 4 unspecified atom stereocenters. The van der Waals surface area contributed by atoms with Gasteiger partial charge in [-0.2, -0.15) is 11.8 Å². The van der Waals surface area contributed by atoms with Crippen molar-refractivity contribution in [2.75, 3.05) is 19.3 Å². The summed E-state index contributed by atoms with van der Waals surface area (Å²) in [5.74, 6) is 0.753. The van der Waals surface area contributed by atoms with Gasteiger partial charge >= 0.3 is 0 Å². The summed E-state index contributed by atoms with van der Waals surface area (Å²) in [5, 5.41) is 4.62. The lowest BCUT2D eigenvalue weighted by molar-refractivity contribution is 0.0805. The molecule has 0 aromatic carbocycles. The predicted molar refractivity (Wildman–Crippen MR) is 77.7 cm³/mol. The second-order valence-corrected chi connectivity index (χ2v) is 7.27. The highest BCUT2D eigenvalue weighted by molar-refractivity contribution is 7.99. The van der Waals surface area contributed by atoms with E-state index in [1.54, 1.807) is 0 Å². The van der Waals surface area contributed by atoms with Crippen molar-refractivity contribution >= 4 is 11.8 Å². The van der Waals surface area contributed by atoms with Crippen LogP contribution in [0.3, 0.4) is 0 Å². The molecule has 1 aliphatic heterocycles. The largest absolute Gasteiger partial charge is 0.311 e. The maximum atomic E-state index is 3.70. The normalized spacial score (nSPS) is 40.1. The highest BCUT2D eigenvalue weighted by atomic mass is 32.2. The van der Waals surface area contributed by atoms with Gasteiger partial charge in [0.1, 0.15) is 0 Å². The van der Waals surface area contributed by atoms with Gasteiger partial charge in [0.15, 0.2) is 0 Å². The first-order valence-electron chi connectivity index (χ1n) is 7.13. The fraction of sp³-hybridized carbons (Fsp3) is 1.00. The van der Waals surface area contributed by atoms with Gasteiger partial charge < -0.3 is 5.32 Å². The monoisotopic (exact) mass is 256 g/mol. The number of piperazine rings is 1. The van der Waals surface area contributed by atoms with E-state index in [4.69, 9.17) is 0 Å². The summed E-state index contributed by atoms with van der Waals surface area (Å²) >= 11 is 2.07. The third-order valence-electron chi connectivity index (χ3n) is 4.61. The first-order chi connectivity index (χ1) is 8.11. The van der Waals surface area contributed by atoms with Crippen molar-refractivity contribution in [1.29, 1.82) is 0 Å². The number of nitrogens with zero attached hydrogens (tertiary/aromatic N) is 1. The summed E-state index contributed by atoms with van der Waals surface area (Å²) in [4.78, 5) is 2.79. The van der Waals surface area contributed by atoms with Crippen molar-refractivity contribution in [3.8, 4) is 0 Å². The zero-order valence-electron chi connectivity index (χ0n) is 11.8. The van der Waals surface area contributed by atoms with E-state index in [0.29, 0.717) is 6.04 Å². The molecule has 1 N–H and O–H groups in total. The maximum absolute atomic E-state index is 3.70. The van der Waals surface area contributed by atoms with Crippen molar-refractivity contribution in [3.05, 3.63) is 0 Å². The Labute approximate surface area is 111 Å². The molecule has 0 spiro atoms. The topological polar surface area (TPSA) is 15.3 Å². The lowest BCUT2D eigenvalue weighted by Gasteiger charge is -2.43. The number of hydrogen-bond acceptors (Lipinski definition) is 3. The SMILES string of the molecule is CSC1CCC(N2CC(C(C)C)NCC2C)C1. The van der Waals surface area contributed by atoms with E-state index in [2.05, 4.69) is 49.0 Å². The Morgan fingerprint density at radius 1 is 1.29 bits per heavy atom. The molecule has 1 aliphatic carbocycles. The van der Waals surface area contributed by atoms with Crippen molar-refractivity contribution in [2.24, 2.45) is 5.92 Å². The summed E-state index contributed by atoms with van der Waals surface area (Å²) in [7, 11) is 0. The van der Waals surface area contributed by atoms with Crippen LogP contribution in [-0.2, 0) is 0 Å². The summed E-state index contributed by atoms with van der Waals surface area (Å²) in [6.07, 6.45) is 6.52. The van der Waals surface area contributed by atoms with Crippen LogP contribution < -0.4 is 5.32 Å². The Balaban J connectivity index is 1.94. The van der Waals surface area contributed by atoms with Gasteiger partial charge in [-0.1, -0.05) is 13.8 Å². The average Bonchev–Trinajstić information content (AvgIpc) is 2.77. The van der Waals surface area contributed by atoms with Crippen LogP contribution >= 0.6 is 11.8 Å². The lowest BCUT2D eigenvalue weighted by Crippen LogP contribution is -2.59. The molecule has 4 atom stereocenters. The Hall–Kier alpha value is 0.270. The van der Waals surface area contributed by atoms with Crippen LogP contribution in [0.4, 0.5) is 0 Å².